The zero-order valence-electron chi connectivity index (χ0n) is 24.1. The van der Waals surface area contributed by atoms with E-state index in [0.29, 0.717) is 28.3 Å². The molecule has 1 aliphatic rings. The van der Waals surface area contributed by atoms with Gasteiger partial charge in [-0.25, -0.2) is 4.79 Å². The summed E-state index contributed by atoms with van der Waals surface area (Å²) < 4.78 is 11.4. The topological polar surface area (TPSA) is 67.9 Å². The number of nitrogens with one attached hydrogen (secondary N) is 1. The third-order valence-corrected chi connectivity index (χ3v) is 12.7. The molecular weight excluding hydrogens is 480 g/mol. The number of nitrogens with zero attached hydrogens (tertiary/aromatic N) is 1. The van der Waals surface area contributed by atoms with Gasteiger partial charge in [0.15, 0.2) is 8.32 Å². The van der Waals surface area contributed by atoms with E-state index in [9.17, 15) is 9.59 Å². The Morgan fingerprint density at radius 2 is 1.73 bits per heavy atom. The lowest BCUT2D eigenvalue weighted by Gasteiger charge is -2.40. The van der Waals surface area contributed by atoms with Gasteiger partial charge < -0.3 is 19.4 Å². The van der Waals surface area contributed by atoms with E-state index in [-0.39, 0.29) is 10.9 Å². The fraction of sp³-hybridized carbons (Fsp3) is 0.533. The van der Waals surface area contributed by atoms with E-state index in [1.807, 2.05) is 39.0 Å². The molecule has 1 aliphatic heterocycles. The number of piperidine rings is 1. The molecule has 0 aliphatic carbocycles. The fourth-order valence-corrected chi connectivity index (χ4v) is 5.67. The standard InChI is InChI=1S/C30H44N2O4Si/c1-20-12-14-24(32-16-10-11-23(18-32)19-36-37(8,9)30(4,5)6)17-26(20)28(33)31-27-21(2)13-15-25(22(27)3)29(34)35-7/h12-15,17,23H,10-11,16,18-19H2,1-9H3,(H,31,33)/t23-/m1/s1. The van der Waals surface area contributed by atoms with E-state index in [2.05, 4.69) is 50.1 Å². The lowest BCUT2D eigenvalue weighted by atomic mass is 9.97. The number of esters is 1. The summed E-state index contributed by atoms with van der Waals surface area (Å²) in [4.78, 5) is 28.0. The maximum atomic E-state index is 13.4. The van der Waals surface area contributed by atoms with Crippen molar-refractivity contribution >= 4 is 31.6 Å². The van der Waals surface area contributed by atoms with Crippen LogP contribution >= 0.6 is 0 Å². The molecule has 1 N–H and O–H groups in total. The summed E-state index contributed by atoms with van der Waals surface area (Å²) in [6, 6.07) is 9.69. The van der Waals surface area contributed by atoms with Gasteiger partial charge in [0, 0.05) is 36.6 Å². The van der Waals surface area contributed by atoms with E-state index in [0.717, 1.165) is 42.9 Å². The Hall–Kier alpha value is -2.64. The van der Waals surface area contributed by atoms with Gasteiger partial charge in [0.1, 0.15) is 0 Å². The quantitative estimate of drug-likeness (QED) is 0.316. The summed E-state index contributed by atoms with van der Waals surface area (Å²) in [5.41, 5.74) is 5.31. The molecular formula is C30H44N2O4Si. The van der Waals surface area contributed by atoms with Crippen LogP contribution in [0.1, 0.15) is 71.0 Å². The van der Waals surface area contributed by atoms with Gasteiger partial charge in [-0.3, -0.25) is 4.79 Å². The Kier molecular flexibility index (Phi) is 8.91. The van der Waals surface area contributed by atoms with Crippen LogP contribution in [0.15, 0.2) is 30.3 Å². The van der Waals surface area contributed by atoms with Crippen molar-refractivity contribution in [2.45, 2.75) is 72.5 Å². The first kappa shape index (κ1) is 28.9. The third kappa shape index (κ3) is 6.63. The second-order valence-electron chi connectivity index (χ2n) is 11.9. The molecule has 7 heteroatoms. The van der Waals surface area contributed by atoms with Gasteiger partial charge in [0.2, 0.25) is 0 Å². The summed E-state index contributed by atoms with van der Waals surface area (Å²) >= 11 is 0. The van der Waals surface area contributed by atoms with Gasteiger partial charge in [0.25, 0.3) is 5.91 Å². The number of amides is 1. The molecule has 0 bridgehead atoms. The molecule has 0 saturated carbocycles. The smallest absolute Gasteiger partial charge is 0.338 e. The maximum Gasteiger partial charge on any atom is 0.338 e. The van der Waals surface area contributed by atoms with E-state index in [1.165, 1.54) is 13.5 Å². The molecule has 0 unspecified atom stereocenters. The zero-order valence-corrected chi connectivity index (χ0v) is 25.1. The highest BCUT2D eigenvalue weighted by atomic mass is 28.4. The molecule has 1 atom stereocenters. The van der Waals surface area contributed by atoms with Crippen molar-refractivity contribution in [3.63, 3.8) is 0 Å². The van der Waals surface area contributed by atoms with Crippen molar-refractivity contribution in [1.82, 2.24) is 0 Å². The summed E-state index contributed by atoms with van der Waals surface area (Å²) in [5.74, 6) is -0.112. The first-order chi connectivity index (χ1) is 17.2. The molecule has 6 nitrogen and oxygen atoms in total. The van der Waals surface area contributed by atoms with E-state index < -0.39 is 14.3 Å². The van der Waals surface area contributed by atoms with Crippen molar-refractivity contribution in [2.75, 3.05) is 37.0 Å². The molecule has 0 aromatic heterocycles. The monoisotopic (exact) mass is 524 g/mol. The number of hydrogen-bond acceptors (Lipinski definition) is 5. The predicted molar refractivity (Wildman–Crippen MR) is 154 cm³/mol. The minimum Gasteiger partial charge on any atom is -0.465 e. The first-order valence-electron chi connectivity index (χ1n) is 13.2. The number of methoxy groups -OCH3 is 1. The normalized spacial score (nSPS) is 16.5. The molecule has 1 amide bonds. The summed E-state index contributed by atoms with van der Waals surface area (Å²) in [6.07, 6.45) is 2.28. The van der Waals surface area contributed by atoms with E-state index in [4.69, 9.17) is 9.16 Å². The van der Waals surface area contributed by atoms with Crippen LogP contribution in [0.3, 0.4) is 0 Å². The summed E-state index contributed by atoms with van der Waals surface area (Å²) in [6.45, 7) is 19.9. The Balaban J connectivity index is 1.77. The first-order valence-corrected chi connectivity index (χ1v) is 16.2. The fourth-order valence-electron chi connectivity index (χ4n) is 4.58. The van der Waals surface area contributed by atoms with Crippen LogP contribution in [0.25, 0.3) is 0 Å². The number of carbonyl (C=O) groups excluding carboxylic acids is 2. The highest BCUT2D eigenvalue weighted by molar-refractivity contribution is 6.74. The van der Waals surface area contributed by atoms with E-state index >= 15 is 0 Å². The number of anilines is 2. The summed E-state index contributed by atoms with van der Waals surface area (Å²) in [7, 11) is -0.422. The van der Waals surface area contributed by atoms with Crippen LogP contribution in [-0.4, -0.2) is 47.0 Å². The Morgan fingerprint density at radius 1 is 1.05 bits per heavy atom. The predicted octanol–water partition coefficient (Wildman–Crippen LogP) is 6.89. The second-order valence-corrected chi connectivity index (χ2v) is 16.7. The van der Waals surface area contributed by atoms with Crippen molar-refractivity contribution in [2.24, 2.45) is 5.92 Å². The number of ether oxygens (including phenoxy) is 1. The maximum absolute atomic E-state index is 13.4. The van der Waals surface area contributed by atoms with Crippen molar-refractivity contribution in [1.29, 1.82) is 0 Å². The molecule has 1 fully saturated rings. The number of hydrogen-bond donors (Lipinski definition) is 1. The lowest BCUT2D eigenvalue weighted by molar-refractivity contribution is 0.0599. The third-order valence-electron chi connectivity index (χ3n) is 8.15. The number of aryl methyl sites for hydroxylation is 2. The van der Waals surface area contributed by atoms with Gasteiger partial charge >= 0.3 is 5.97 Å². The van der Waals surface area contributed by atoms with Crippen molar-refractivity contribution < 1.29 is 18.8 Å². The molecule has 0 spiro atoms. The van der Waals surface area contributed by atoms with Crippen molar-refractivity contribution in [3.05, 3.63) is 58.1 Å². The molecule has 1 saturated heterocycles. The number of benzene rings is 2. The van der Waals surface area contributed by atoms with Crippen LogP contribution in [-0.2, 0) is 9.16 Å². The van der Waals surface area contributed by atoms with Crippen molar-refractivity contribution in [3.8, 4) is 0 Å². The average Bonchev–Trinajstić information content (AvgIpc) is 2.84. The second kappa shape index (κ2) is 11.4. The molecule has 0 radical (unpaired) electrons. The van der Waals surface area contributed by atoms with Crippen LogP contribution in [0.4, 0.5) is 11.4 Å². The van der Waals surface area contributed by atoms with Gasteiger partial charge in [-0.1, -0.05) is 32.9 Å². The lowest BCUT2D eigenvalue weighted by Crippen LogP contribution is -2.44. The Bertz CT molecular complexity index is 1150. The van der Waals surface area contributed by atoms with Gasteiger partial charge in [-0.05, 0) is 92.6 Å². The number of carbonyl (C=O) groups is 2. The van der Waals surface area contributed by atoms with Crippen LogP contribution in [0.2, 0.25) is 18.1 Å². The average molecular weight is 525 g/mol. The Morgan fingerprint density at radius 3 is 2.38 bits per heavy atom. The molecule has 1 heterocycles. The van der Waals surface area contributed by atoms with Gasteiger partial charge in [-0.15, -0.1) is 0 Å². The van der Waals surface area contributed by atoms with Crippen LogP contribution in [0, 0.1) is 26.7 Å². The van der Waals surface area contributed by atoms with Crippen LogP contribution in [0.5, 0.6) is 0 Å². The minimum atomic E-state index is -1.78. The largest absolute Gasteiger partial charge is 0.465 e. The Labute approximate surface area is 223 Å². The molecule has 37 heavy (non-hydrogen) atoms. The van der Waals surface area contributed by atoms with E-state index in [1.54, 1.807) is 6.07 Å². The molecule has 3 rings (SSSR count). The highest BCUT2D eigenvalue weighted by Gasteiger charge is 2.38. The molecule has 202 valence electrons. The van der Waals surface area contributed by atoms with Crippen LogP contribution < -0.4 is 10.2 Å². The zero-order chi connectivity index (χ0) is 27.5. The summed E-state index contributed by atoms with van der Waals surface area (Å²) in [5, 5.41) is 3.27. The van der Waals surface area contributed by atoms with Gasteiger partial charge in [0.05, 0.1) is 12.7 Å². The SMILES string of the molecule is COC(=O)c1ccc(C)c(NC(=O)c2cc(N3CCC[C@@H](CO[Si](C)(C)C(C)(C)C)C3)ccc2C)c1C. The molecule has 2 aromatic rings. The highest BCUT2D eigenvalue weighted by Crippen LogP contribution is 2.37. The number of rotatable bonds is 7. The minimum absolute atomic E-state index is 0.178. The molecule has 2 aromatic carbocycles. The van der Waals surface area contributed by atoms with Gasteiger partial charge in [-0.2, -0.15) is 0 Å².